The first-order valence-corrected chi connectivity index (χ1v) is 14.2. The van der Waals surface area contributed by atoms with Crippen molar-refractivity contribution in [3.8, 4) is 34.1 Å². The summed E-state index contributed by atoms with van der Waals surface area (Å²) >= 11 is 0. The maximum Gasteiger partial charge on any atom is 0.352 e. The van der Waals surface area contributed by atoms with E-state index in [2.05, 4.69) is 143 Å². The van der Waals surface area contributed by atoms with E-state index in [1.807, 2.05) is 0 Å². The largest absolute Gasteiger partial charge is 0.448 e. The molecule has 0 aliphatic carbocycles. The second-order valence-electron chi connectivity index (χ2n) is 11.6. The Balaban J connectivity index is 1.54. The van der Waals surface area contributed by atoms with E-state index in [0.29, 0.717) is 0 Å². The Kier molecular flexibility index (Phi) is 3.74. The highest BCUT2D eigenvalue weighted by Crippen LogP contribution is 2.56. The molecule has 4 heteroatoms. The highest BCUT2D eigenvalue weighted by molar-refractivity contribution is 5.96. The van der Waals surface area contributed by atoms with Crippen LogP contribution in [0, 0.1) is 13.8 Å². The summed E-state index contributed by atoms with van der Waals surface area (Å²) in [5, 5.41) is 2.43. The summed E-state index contributed by atoms with van der Waals surface area (Å²) in [6.45, 7) is 4.38. The van der Waals surface area contributed by atoms with Gasteiger partial charge >= 0.3 is 11.4 Å². The predicted molar refractivity (Wildman–Crippen MR) is 159 cm³/mol. The molecule has 192 valence electrons. The molecule has 1 atom stereocenters. The Morgan fingerprint density at radius 3 is 2.44 bits per heavy atom. The molecule has 3 aliphatic rings. The third-order valence-electron chi connectivity index (χ3n) is 9.26. The molecule has 4 nitrogen and oxygen atoms in total. The maximum absolute atomic E-state index is 6.80. The molecule has 10 rings (SSSR count). The van der Waals surface area contributed by atoms with Gasteiger partial charge in [-0.05, 0) is 78.2 Å². The Morgan fingerprint density at radius 1 is 0.732 bits per heavy atom. The van der Waals surface area contributed by atoms with Crippen LogP contribution in [0.5, 0.6) is 11.5 Å². The van der Waals surface area contributed by atoms with Crippen LogP contribution < -0.4 is 13.9 Å². The van der Waals surface area contributed by atoms with Crippen molar-refractivity contribution < 1.29 is 13.9 Å². The number of ether oxygens (including phenoxy) is 1. The summed E-state index contributed by atoms with van der Waals surface area (Å²) in [5.41, 5.74) is 11.5. The predicted octanol–water partition coefficient (Wildman–Crippen LogP) is 7.20. The standard InChI is InChI=1S/C37H25N3O/c1-22-18-23(2)20-25(19-22)39-30-15-9-16-31-34(30)40-35-32(41-31)21-24-10-3-4-11-26(24)33(35)37(36(39)40)28-13-6-5-12-27(28)29-14-7-8-17-38(29)37/h3-21H,1-2H3/q+2. The lowest BCUT2D eigenvalue weighted by molar-refractivity contribution is -0.733. The van der Waals surface area contributed by atoms with Crippen molar-refractivity contribution in [2.45, 2.75) is 19.4 Å². The van der Waals surface area contributed by atoms with Gasteiger partial charge in [0.2, 0.25) is 11.2 Å². The molecule has 7 aromatic rings. The van der Waals surface area contributed by atoms with E-state index in [4.69, 9.17) is 4.74 Å². The Bertz CT molecular complexity index is 2260. The van der Waals surface area contributed by atoms with Gasteiger partial charge in [0.15, 0.2) is 28.9 Å². The number of rotatable bonds is 1. The Hall–Kier alpha value is -5.22. The number of aryl methyl sites for hydroxylation is 2. The van der Waals surface area contributed by atoms with Crippen molar-refractivity contribution in [1.29, 1.82) is 0 Å². The van der Waals surface area contributed by atoms with Crippen LogP contribution in [0.25, 0.3) is 44.4 Å². The minimum atomic E-state index is -0.611. The molecular formula is C37H25N3O+2. The monoisotopic (exact) mass is 527 g/mol. The third-order valence-corrected chi connectivity index (χ3v) is 9.26. The van der Waals surface area contributed by atoms with Gasteiger partial charge in [-0.1, -0.05) is 54.6 Å². The minimum absolute atomic E-state index is 0.611. The van der Waals surface area contributed by atoms with E-state index in [0.717, 1.165) is 28.2 Å². The summed E-state index contributed by atoms with van der Waals surface area (Å²) in [6, 6.07) is 39.8. The van der Waals surface area contributed by atoms with E-state index < -0.39 is 5.54 Å². The van der Waals surface area contributed by atoms with Gasteiger partial charge in [-0.3, -0.25) is 0 Å². The Morgan fingerprint density at radius 2 is 1.54 bits per heavy atom. The van der Waals surface area contributed by atoms with Gasteiger partial charge < -0.3 is 4.74 Å². The molecule has 1 spiro atoms. The van der Waals surface area contributed by atoms with E-state index in [1.165, 1.54) is 55.8 Å². The van der Waals surface area contributed by atoms with Crippen LogP contribution in [-0.4, -0.2) is 4.57 Å². The summed E-state index contributed by atoms with van der Waals surface area (Å²) in [6.07, 6.45) is 2.26. The van der Waals surface area contributed by atoms with E-state index in [1.54, 1.807) is 0 Å². The van der Waals surface area contributed by atoms with Crippen molar-refractivity contribution in [3.05, 3.63) is 143 Å². The third kappa shape index (κ3) is 2.36. The zero-order valence-corrected chi connectivity index (χ0v) is 22.7. The fourth-order valence-electron chi connectivity index (χ4n) is 8.00. The molecule has 1 unspecified atom stereocenters. The van der Waals surface area contributed by atoms with Crippen LogP contribution in [0.3, 0.4) is 0 Å². The zero-order valence-electron chi connectivity index (χ0n) is 22.7. The number of imidazole rings is 1. The fraction of sp³-hybridized carbons (Fsp3) is 0.0811. The second-order valence-corrected chi connectivity index (χ2v) is 11.6. The fourth-order valence-corrected chi connectivity index (χ4v) is 8.00. The average molecular weight is 528 g/mol. The van der Waals surface area contributed by atoms with Gasteiger partial charge in [-0.15, -0.1) is 0 Å². The topological polar surface area (TPSA) is 21.9 Å². The first-order chi connectivity index (χ1) is 20.2. The van der Waals surface area contributed by atoms with Gasteiger partial charge in [0.05, 0.1) is 16.7 Å². The molecule has 0 saturated heterocycles. The number of hydrogen-bond acceptors (Lipinski definition) is 1. The van der Waals surface area contributed by atoms with Crippen LogP contribution >= 0.6 is 0 Å². The Labute approximate surface area is 236 Å². The highest BCUT2D eigenvalue weighted by Gasteiger charge is 2.69. The summed E-state index contributed by atoms with van der Waals surface area (Å²) in [4.78, 5) is 0. The smallest absolute Gasteiger partial charge is 0.352 e. The molecule has 5 aromatic carbocycles. The van der Waals surface area contributed by atoms with Gasteiger partial charge in [-0.2, -0.15) is 13.7 Å². The van der Waals surface area contributed by atoms with Crippen LogP contribution in [0.2, 0.25) is 0 Å². The number of benzene rings is 5. The van der Waals surface area contributed by atoms with Gasteiger partial charge in [0, 0.05) is 12.1 Å². The first kappa shape index (κ1) is 21.6. The van der Waals surface area contributed by atoms with Gasteiger partial charge in [-0.25, -0.2) is 0 Å². The molecule has 5 heterocycles. The second kappa shape index (κ2) is 7.10. The number of fused-ring (bicyclic) bond motifs is 9. The number of hydrogen-bond donors (Lipinski definition) is 0. The van der Waals surface area contributed by atoms with Crippen molar-refractivity contribution in [2.75, 3.05) is 0 Å². The maximum atomic E-state index is 6.80. The molecule has 2 aromatic heterocycles. The molecule has 3 aliphatic heterocycles. The SMILES string of the molecule is Cc1cc(C)cc(-n2c3[n+]4c5c(cccc52)Oc2cc5ccccc5c(c2-4)C32c3ccccc3-c3cccc[n+]32)c1. The summed E-state index contributed by atoms with van der Waals surface area (Å²) in [7, 11) is 0. The van der Waals surface area contributed by atoms with Crippen molar-refractivity contribution >= 4 is 21.8 Å². The molecule has 0 amide bonds. The molecular weight excluding hydrogens is 502 g/mol. The molecule has 41 heavy (non-hydrogen) atoms. The lowest BCUT2D eigenvalue weighted by atomic mass is 9.80. The molecule has 0 N–H and O–H groups in total. The lowest BCUT2D eigenvalue weighted by Gasteiger charge is -2.22. The molecule has 0 bridgehead atoms. The number of nitrogens with zero attached hydrogens (tertiary/aromatic N) is 3. The zero-order chi connectivity index (χ0) is 27.0. The van der Waals surface area contributed by atoms with E-state index >= 15 is 0 Å². The van der Waals surface area contributed by atoms with Crippen molar-refractivity contribution in [1.82, 2.24) is 4.57 Å². The van der Waals surface area contributed by atoms with Crippen LogP contribution in [-0.2, 0) is 5.54 Å². The van der Waals surface area contributed by atoms with Crippen LogP contribution in [0.1, 0.15) is 28.1 Å². The number of pyridine rings is 1. The van der Waals surface area contributed by atoms with Gasteiger partial charge in [0.25, 0.3) is 0 Å². The van der Waals surface area contributed by atoms with Crippen LogP contribution in [0.15, 0.2) is 115 Å². The number of aromatic nitrogens is 3. The van der Waals surface area contributed by atoms with Crippen molar-refractivity contribution in [3.63, 3.8) is 0 Å². The number of para-hydroxylation sites is 1. The lowest BCUT2D eigenvalue weighted by Crippen LogP contribution is -2.57. The van der Waals surface area contributed by atoms with Crippen LogP contribution in [0.4, 0.5) is 0 Å². The summed E-state index contributed by atoms with van der Waals surface area (Å²) < 4.78 is 14.3. The van der Waals surface area contributed by atoms with E-state index in [-0.39, 0.29) is 0 Å². The first-order valence-electron chi connectivity index (χ1n) is 14.2. The summed E-state index contributed by atoms with van der Waals surface area (Å²) in [5.74, 6) is 3.01. The minimum Gasteiger partial charge on any atom is -0.448 e. The molecule has 0 fully saturated rings. The highest BCUT2D eigenvalue weighted by atomic mass is 16.5. The molecule has 0 saturated carbocycles. The molecule has 0 radical (unpaired) electrons. The quantitative estimate of drug-likeness (QED) is 0.207. The average Bonchev–Trinajstić information content (AvgIpc) is 3.59. The van der Waals surface area contributed by atoms with Gasteiger partial charge in [0.1, 0.15) is 5.69 Å². The normalized spacial score (nSPS) is 16.8. The van der Waals surface area contributed by atoms with E-state index in [9.17, 15) is 0 Å². The van der Waals surface area contributed by atoms with Crippen molar-refractivity contribution in [2.24, 2.45) is 0 Å².